The Kier molecular flexibility index (Phi) is 12.9. The van der Waals surface area contributed by atoms with E-state index in [0.29, 0.717) is 25.4 Å². The third-order valence-electron chi connectivity index (χ3n) is 1.60. The molecular weight excluding hydrogens is 248 g/mol. The average Bonchev–Trinajstić information content (AvgIpc) is 3.23. The van der Waals surface area contributed by atoms with Crippen molar-refractivity contribution in [2.24, 2.45) is 0 Å². The topological polar surface area (TPSA) is 65.1 Å². The Morgan fingerprint density at radius 3 is 2.16 bits per heavy atom. The minimum atomic E-state index is -0.384. The maximum atomic E-state index is 10.4. The Balaban J connectivity index is 0. The molecule has 19 heavy (non-hydrogen) atoms. The van der Waals surface area contributed by atoms with Crippen LogP contribution in [0.15, 0.2) is 38.0 Å². The summed E-state index contributed by atoms with van der Waals surface area (Å²) in [6, 6.07) is 0. The van der Waals surface area contributed by atoms with Crippen LogP contribution in [0, 0.1) is 0 Å². The third kappa shape index (κ3) is 14.1. The highest BCUT2D eigenvalue weighted by molar-refractivity contribution is 5.86. The SMILES string of the molecule is C=C.C=C(C)C(=O)OCC.C=CC(=O)OCC1CO1. The molecule has 1 saturated heterocycles. The van der Waals surface area contributed by atoms with Crippen LogP contribution in [0.5, 0.6) is 0 Å². The van der Waals surface area contributed by atoms with Crippen LogP contribution in [0.4, 0.5) is 0 Å². The molecule has 1 aliphatic rings. The second-order valence-electron chi connectivity index (χ2n) is 3.29. The van der Waals surface area contributed by atoms with Crippen molar-refractivity contribution in [3.8, 4) is 0 Å². The van der Waals surface area contributed by atoms with Crippen molar-refractivity contribution in [3.05, 3.63) is 38.0 Å². The van der Waals surface area contributed by atoms with Crippen molar-refractivity contribution >= 4 is 11.9 Å². The van der Waals surface area contributed by atoms with Gasteiger partial charge in [0.2, 0.25) is 0 Å². The van der Waals surface area contributed by atoms with Crippen LogP contribution < -0.4 is 0 Å². The molecular formula is C14H22O5. The summed E-state index contributed by atoms with van der Waals surface area (Å²) in [5.41, 5.74) is 0.451. The van der Waals surface area contributed by atoms with Gasteiger partial charge >= 0.3 is 11.9 Å². The van der Waals surface area contributed by atoms with Crippen LogP contribution in [0.1, 0.15) is 13.8 Å². The molecule has 0 radical (unpaired) electrons. The highest BCUT2D eigenvalue weighted by Crippen LogP contribution is 2.08. The summed E-state index contributed by atoms with van der Waals surface area (Å²) in [4.78, 5) is 20.8. The van der Waals surface area contributed by atoms with E-state index in [0.717, 1.165) is 6.08 Å². The first-order valence-corrected chi connectivity index (χ1v) is 5.74. The van der Waals surface area contributed by atoms with Gasteiger partial charge in [0, 0.05) is 11.6 Å². The largest absolute Gasteiger partial charge is 0.463 e. The lowest BCUT2D eigenvalue weighted by atomic mass is 10.4. The summed E-state index contributed by atoms with van der Waals surface area (Å²) in [7, 11) is 0. The summed E-state index contributed by atoms with van der Waals surface area (Å²) < 4.78 is 14.0. The summed E-state index contributed by atoms with van der Waals surface area (Å²) in [5.74, 6) is -0.696. The van der Waals surface area contributed by atoms with Gasteiger partial charge in [0.15, 0.2) is 0 Å². The standard InChI is InChI=1S/C6H8O3.C6H10O2.C2H4/c1-2-6(7)9-4-5-3-8-5;1-4-8-6(7)5(2)3;1-2/h2,5H,1,3-4H2;2,4H2,1,3H3;1-2H2. The Morgan fingerprint density at radius 2 is 1.89 bits per heavy atom. The number of rotatable bonds is 5. The van der Waals surface area contributed by atoms with Gasteiger partial charge in [-0.25, -0.2) is 9.59 Å². The second kappa shape index (κ2) is 12.6. The molecule has 0 spiro atoms. The normalized spacial score (nSPS) is 14.5. The van der Waals surface area contributed by atoms with Gasteiger partial charge in [0.1, 0.15) is 12.7 Å². The van der Waals surface area contributed by atoms with E-state index in [9.17, 15) is 9.59 Å². The van der Waals surface area contributed by atoms with Gasteiger partial charge in [-0.05, 0) is 13.8 Å². The molecule has 5 heteroatoms. The Bertz CT molecular complexity index is 305. The summed E-state index contributed by atoms with van der Waals surface area (Å²) in [5, 5.41) is 0. The third-order valence-corrected chi connectivity index (χ3v) is 1.60. The molecule has 0 amide bonds. The summed E-state index contributed by atoms with van der Waals surface area (Å²) >= 11 is 0. The quantitative estimate of drug-likeness (QED) is 0.331. The maximum absolute atomic E-state index is 10.4. The van der Waals surface area contributed by atoms with E-state index in [4.69, 9.17) is 4.74 Å². The molecule has 1 atom stereocenters. The monoisotopic (exact) mass is 270 g/mol. The second-order valence-corrected chi connectivity index (χ2v) is 3.29. The van der Waals surface area contributed by atoms with Gasteiger partial charge in [-0.3, -0.25) is 0 Å². The van der Waals surface area contributed by atoms with Crippen molar-refractivity contribution in [1.29, 1.82) is 0 Å². The van der Waals surface area contributed by atoms with E-state index in [1.807, 2.05) is 0 Å². The average molecular weight is 270 g/mol. The molecule has 1 aliphatic heterocycles. The van der Waals surface area contributed by atoms with Gasteiger partial charge < -0.3 is 14.2 Å². The lowest BCUT2D eigenvalue weighted by molar-refractivity contribution is -0.139. The highest BCUT2D eigenvalue weighted by Gasteiger charge is 2.23. The Hall–Kier alpha value is -1.88. The number of carbonyl (C=O) groups excluding carboxylic acids is 2. The Morgan fingerprint density at radius 1 is 1.37 bits per heavy atom. The van der Waals surface area contributed by atoms with Crippen molar-refractivity contribution in [2.75, 3.05) is 19.8 Å². The fraction of sp³-hybridized carbons (Fsp3) is 0.429. The minimum absolute atomic E-state index is 0.147. The van der Waals surface area contributed by atoms with Gasteiger partial charge in [0.05, 0.1) is 13.2 Å². The number of carbonyl (C=O) groups is 2. The molecule has 0 aromatic carbocycles. The first-order valence-electron chi connectivity index (χ1n) is 5.74. The first kappa shape index (κ1) is 19.5. The predicted octanol–water partition coefficient (Wildman–Crippen LogP) is 2.04. The van der Waals surface area contributed by atoms with Crippen LogP contribution in [0.25, 0.3) is 0 Å². The summed E-state index contributed by atoms with van der Waals surface area (Å²) in [6.07, 6.45) is 1.29. The zero-order valence-corrected chi connectivity index (χ0v) is 11.6. The van der Waals surface area contributed by atoms with E-state index in [-0.39, 0.29) is 18.0 Å². The van der Waals surface area contributed by atoms with Crippen LogP contribution in [0.3, 0.4) is 0 Å². The molecule has 1 rings (SSSR count). The molecule has 1 unspecified atom stereocenters. The van der Waals surface area contributed by atoms with E-state index in [1.54, 1.807) is 13.8 Å². The molecule has 0 aromatic rings. The molecule has 0 N–H and O–H groups in total. The molecule has 108 valence electrons. The summed E-state index contributed by atoms with van der Waals surface area (Å²) in [6.45, 7) is 17.5. The molecule has 1 fully saturated rings. The highest BCUT2D eigenvalue weighted by atomic mass is 16.6. The van der Waals surface area contributed by atoms with E-state index in [2.05, 4.69) is 35.8 Å². The number of hydrogen-bond donors (Lipinski definition) is 0. The molecule has 0 saturated carbocycles. The molecule has 0 aromatic heterocycles. The van der Waals surface area contributed by atoms with Crippen molar-refractivity contribution in [1.82, 2.24) is 0 Å². The fourth-order valence-electron chi connectivity index (χ4n) is 0.653. The lowest BCUT2D eigenvalue weighted by Gasteiger charge is -1.96. The number of epoxide rings is 1. The number of esters is 2. The van der Waals surface area contributed by atoms with E-state index in [1.165, 1.54) is 0 Å². The Labute approximate surface area is 114 Å². The zero-order chi connectivity index (χ0) is 15.3. The van der Waals surface area contributed by atoms with Gasteiger partial charge in [-0.1, -0.05) is 13.2 Å². The van der Waals surface area contributed by atoms with E-state index >= 15 is 0 Å². The van der Waals surface area contributed by atoms with Gasteiger partial charge in [0.25, 0.3) is 0 Å². The van der Waals surface area contributed by atoms with Crippen LogP contribution in [-0.4, -0.2) is 37.9 Å². The molecule has 5 nitrogen and oxygen atoms in total. The zero-order valence-electron chi connectivity index (χ0n) is 11.6. The number of ether oxygens (including phenoxy) is 3. The molecule has 0 bridgehead atoms. The first-order chi connectivity index (χ1) is 9.01. The van der Waals surface area contributed by atoms with Crippen molar-refractivity contribution in [2.45, 2.75) is 20.0 Å². The molecule has 1 heterocycles. The number of hydrogen-bond acceptors (Lipinski definition) is 5. The van der Waals surface area contributed by atoms with Crippen LogP contribution in [-0.2, 0) is 23.8 Å². The van der Waals surface area contributed by atoms with Crippen LogP contribution in [0.2, 0.25) is 0 Å². The molecule has 0 aliphatic carbocycles. The smallest absolute Gasteiger partial charge is 0.333 e. The maximum Gasteiger partial charge on any atom is 0.333 e. The fourth-order valence-corrected chi connectivity index (χ4v) is 0.653. The minimum Gasteiger partial charge on any atom is -0.463 e. The lowest BCUT2D eigenvalue weighted by Crippen LogP contribution is -2.06. The van der Waals surface area contributed by atoms with Crippen molar-refractivity contribution < 1.29 is 23.8 Å². The van der Waals surface area contributed by atoms with Gasteiger partial charge in [-0.15, -0.1) is 13.2 Å². The van der Waals surface area contributed by atoms with Crippen molar-refractivity contribution in [3.63, 3.8) is 0 Å². The predicted molar refractivity (Wildman–Crippen MR) is 73.6 cm³/mol. The van der Waals surface area contributed by atoms with E-state index < -0.39 is 0 Å². The van der Waals surface area contributed by atoms with Crippen LogP contribution >= 0.6 is 0 Å². The van der Waals surface area contributed by atoms with Gasteiger partial charge in [-0.2, -0.15) is 0 Å².